The number of hydrogen-bond acceptors (Lipinski definition) is 1. The van der Waals surface area contributed by atoms with Gasteiger partial charge in [0, 0.05) is 5.92 Å². The molecule has 0 spiro atoms. The molecular weight excluding hydrogens is 160 g/mol. The van der Waals surface area contributed by atoms with Gasteiger partial charge in [-0.15, -0.1) is 6.58 Å². The highest BCUT2D eigenvalue weighted by Crippen LogP contribution is 2.20. The van der Waals surface area contributed by atoms with Crippen LogP contribution in [-0.4, -0.2) is 11.2 Å². The van der Waals surface area contributed by atoms with Crippen molar-refractivity contribution in [3.63, 3.8) is 0 Å². The minimum Gasteiger partial charge on any atom is -0.392 e. The molecule has 1 aromatic carbocycles. The number of aliphatic hydroxyl groups is 1. The summed E-state index contributed by atoms with van der Waals surface area (Å²) in [7, 11) is 0. The SMILES string of the molecule is C=CC[C@@H](O)[C@@H](C)c1ccccc1. The third kappa shape index (κ3) is 2.71. The first kappa shape index (κ1) is 10.0. The van der Waals surface area contributed by atoms with Crippen LogP contribution in [0.1, 0.15) is 24.8 Å². The van der Waals surface area contributed by atoms with E-state index in [0.29, 0.717) is 6.42 Å². The smallest absolute Gasteiger partial charge is 0.0640 e. The summed E-state index contributed by atoms with van der Waals surface area (Å²) >= 11 is 0. The molecule has 0 aliphatic rings. The van der Waals surface area contributed by atoms with E-state index in [9.17, 15) is 5.11 Å². The average molecular weight is 176 g/mol. The van der Waals surface area contributed by atoms with Gasteiger partial charge in [0.25, 0.3) is 0 Å². The van der Waals surface area contributed by atoms with Gasteiger partial charge in [-0.3, -0.25) is 0 Å². The van der Waals surface area contributed by atoms with Gasteiger partial charge in [0.05, 0.1) is 6.10 Å². The van der Waals surface area contributed by atoms with Crippen molar-refractivity contribution in [1.82, 2.24) is 0 Å². The summed E-state index contributed by atoms with van der Waals surface area (Å²) in [6.07, 6.45) is 2.08. The minimum absolute atomic E-state index is 0.180. The van der Waals surface area contributed by atoms with Crippen LogP contribution in [0.15, 0.2) is 43.0 Å². The lowest BCUT2D eigenvalue weighted by Gasteiger charge is -2.17. The van der Waals surface area contributed by atoms with Gasteiger partial charge in [0.1, 0.15) is 0 Å². The Morgan fingerprint density at radius 3 is 2.54 bits per heavy atom. The summed E-state index contributed by atoms with van der Waals surface area (Å²) in [6.45, 7) is 5.65. The molecule has 1 N–H and O–H groups in total. The second kappa shape index (κ2) is 4.83. The number of rotatable bonds is 4. The summed E-state index contributed by atoms with van der Waals surface area (Å²) < 4.78 is 0. The Bertz CT molecular complexity index is 253. The van der Waals surface area contributed by atoms with E-state index in [4.69, 9.17) is 0 Å². The molecule has 1 nitrogen and oxygen atoms in total. The third-order valence-corrected chi connectivity index (χ3v) is 2.31. The van der Waals surface area contributed by atoms with Gasteiger partial charge in [-0.25, -0.2) is 0 Å². The molecule has 13 heavy (non-hydrogen) atoms. The highest BCUT2D eigenvalue weighted by molar-refractivity contribution is 5.19. The van der Waals surface area contributed by atoms with E-state index >= 15 is 0 Å². The molecular formula is C12H16O. The summed E-state index contributed by atoms with van der Waals surface area (Å²) in [5, 5.41) is 9.70. The van der Waals surface area contributed by atoms with Gasteiger partial charge in [0.15, 0.2) is 0 Å². The standard InChI is InChI=1S/C12H16O/c1-3-7-12(13)10(2)11-8-5-4-6-9-11/h3-6,8-10,12-13H,1,7H2,2H3/t10-,12+/m0/s1. The second-order valence-corrected chi connectivity index (χ2v) is 3.29. The molecule has 1 heteroatoms. The largest absolute Gasteiger partial charge is 0.392 e. The summed E-state index contributed by atoms with van der Waals surface area (Å²) in [4.78, 5) is 0. The van der Waals surface area contributed by atoms with Crippen molar-refractivity contribution in [2.75, 3.05) is 0 Å². The average Bonchev–Trinajstić information content (AvgIpc) is 2.18. The van der Waals surface area contributed by atoms with E-state index in [1.165, 1.54) is 5.56 Å². The van der Waals surface area contributed by atoms with Crippen LogP contribution in [0.4, 0.5) is 0 Å². The molecule has 0 saturated heterocycles. The molecule has 70 valence electrons. The lowest BCUT2D eigenvalue weighted by Crippen LogP contribution is -2.14. The van der Waals surface area contributed by atoms with Gasteiger partial charge >= 0.3 is 0 Å². The van der Waals surface area contributed by atoms with Crippen LogP contribution < -0.4 is 0 Å². The molecule has 0 unspecified atom stereocenters. The molecule has 1 rings (SSSR count). The first-order valence-corrected chi connectivity index (χ1v) is 4.59. The van der Waals surface area contributed by atoms with Crippen molar-refractivity contribution in [3.05, 3.63) is 48.6 Å². The Labute approximate surface area is 79.7 Å². The van der Waals surface area contributed by atoms with Crippen LogP contribution in [0, 0.1) is 0 Å². The Morgan fingerprint density at radius 2 is 2.00 bits per heavy atom. The van der Waals surface area contributed by atoms with E-state index in [-0.39, 0.29) is 12.0 Å². The van der Waals surface area contributed by atoms with Crippen molar-refractivity contribution in [3.8, 4) is 0 Å². The summed E-state index contributed by atoms with van der Waals surface area (Å²) in [5.41, 5.74) is 1.18. The normalized spacial score (nSPS) is 14.9. The Hall–Kier alpha value is -1.08. The fourth-order valence-electron chi connectivity index (χ4n) is 1.35. The molecule has 0 amide bonds. The summed E-state index contributed by atoms with van der Waals surface area (Å²) in [6, 6.07) is 10.0. The lowest BCUT2D eigenvalue weighted by atomic mass is 9.94. The van der Waals surface area contributed by atoms with Crippen molar-refractivity contribution in [2.45, 2.75) is 25.4 Å². The highest BCUT2D eigenvalue weighted by atomic mass is 16.3. The molecule has 0 radical (unpaired) electrons. The van der Waals surface area contributed by atoms with E-state index in [1.807, 2.05) is 37.3 Å². The zero-order valence-corrected chi connectivity index (χ0v) is 7.98. The van der Waals surface area contributed by atoms with E-state index < -0.39 is 0 Å². The number of aliphatic hydroxyl groups excluding tert-OH is 1. The monoisotopic (exact) mass is 176 g/mol. The molecule has 0 heterocycles. The maximum absolute atomic E-state index is 9.70. The van der Waals surface area contributed by atoms with Crippen LogP contribution in [0.25, 0.3) is 0 Å². The van der Waals surface area contributed by atoms with Gasteiger partial charge in [-0.05, 0) is 12.0 Å². The van der Waals surface area contributed by atoms with Crippen LogP contribution in [0.3, 0.4) is 0 Å². The van der Waals surface area contributed by atoms with Crippen molar-refractivity contribution >= 4 is 0 Å². The van der Waals surface area contributed by atoms with Crippen LogP contribution in [0.2, 0.25) is 0 Å². The Balaban J connectivity index is 2.67. The first-order valence-electron chi connectivity index (χ1n) is 4.59. The van der Waals surface area contributed by atoms with Crippen LogP contribution in [-0.2, 0) is 0 Å². The minimum atomic E-state index is -0.320. The first-order chi connectivity index (χ1) is 6.25. The van der Waals surface area contributed by atoms with E-state index in [2.05, 4.69) is 6.58 Å². The lowest BCUT2D eigenvalue weighted by molar-refractivity contribution is 0.152. The molecule has 0 saturated carbocycles. The topological polar surface area (TPSA) is 20.2 Å². The fourth-order valence-corrected chi connectivity index (χ4v) is 1.35. The predicted molar refractivity (Wildman–Crippen MR) is 55.7 cm³/mol. The molecule has 0 bridgehead atoms. The van der Waals surface area contributed by atoms with Crippen LogP contribution in [0.5, 0.6) is 0 Å². The zero-order chi connectivity index (χ0) is 9.68. The Kier molecular flexibility index (Phi) is 3.71. The summed E-state index contributed by atoms with van der Waals surface area (Å²) in [5.74, 6) is 0.180. The number of benzene rings is 1. The molecule has 2 atom stereocenters. The van der Waals surface area contributed by atoms with E-state index in [0.717, 1.165) is 0 Å². The second-order valence-electron chi connectivity index (χ2n) is 3.29. The molecule has 0 fully saturated rings. The highest BCUT2D eigenvalue weighted by Gasteiger charge is 2.13. The molecule has 0 aliphatic carbocycles. The maximum atomic E-state index is 9.70. The van der Waals surface area contributed by atoms with E-state index in [1.54, 1.807) is 6.08 Å². The molecule has 0 aliphatic heterocycles. The molecule has 0 aromatic heterocycles. The number of hydrogen-bond donors (Lipinski definition) is 1. The van der Waals surface area contributed by atoms with Gasteiger partial charge < -0.3 is 5.11 Å². The van der Waals surface area contributed by atoms with Crippen molar-refractivity contribution in [1.29, 1.82) is 0 Å². The van der Waals surface area contributed by atoms with Crippen molar-refractivity contribution < 1.29 is 5.11 Å². The van der Waals surface area contributed by atoms with Crippen molar-refractivity contribution in [2.24, 2.45) is 0 Å². The van der Waals surface area contributed by atoms with Gasteiger partial charge in [-0.2, -0.15) is 0 Å². The molecule has 1 aromatic rings. The zero-order valence-electron chi connectivity index (χ0n) is 7.98. The van der Waals surface area contributed by atoms with Crippen LogP contribution >= 0.6 is 0 Å². The fraction of sp³-hybridized carbons (Fsp3) is 0.333. The third-order valence-electron chi connectivity index (χ3n) is 2.31. The Morgan fingerprint density at radius 1 is 1.38 bits per heavy atom. The quantitative estimate of drug-likeness (QED) is 0.699. The maximum Gasteiger partial charge on any atom is 0.0640 e. The van der Waals surface area contributed by atoms with Gasteiger partial charge in [-0.1, -0.05) is 43.3 Å². The van der Waals surface area contributed by atoms with Gasteiger partial charge in [0.2, 0.25) is 0 Å². The predicted octanol–water partition coefficient (Wildman–Crippen LogP) is 2.73.